The summed E-state index contributed by atoms with van der Waals surface area (Å²) in [6.07, 6.45) is 0. The normalized spacial score (nSPS) is 9.77. The van der Waals surface area contributed by atoms with Gasteiger partial charge in [-0.2, -0.15) is 0 Å². The number of carbonyl (C=O) groups is 1. The number of rotatable bonds is 2. The van der Waals surface area contributed by atoms with E-state index in [9.17, 15) is 4.79 Å². The second-order valence-electron chi connectivity index (χ2n) is 2.89. The fourth-order valence-corrected chi connectivity index (χ4v) is 1.07. The summed E-state index contributed by atoms with van der Waals surface area (Å²) >= 11 is 0. The fraction of sp³-hybridized carbons (Fsp3) is 0.300. The van der Waals surface area contributed by atoms with Crippen molar-refractivity contribution >= 4 is 5.91 Å². The first-order chi connectivity index (χ1) is 6.15. The van der Waals surface area contributed by atoms with E-state index < -0.39 is 0 Å². The largest absolute Gasteiger partial charge is 0.286 e. The molecule has 3 heteroatoms. The van der Waals surface area contributed by atoms with Gasteiger partial charge in [0.2, 0.25) is 0 Å². The quantitative estimate of drug-likeness (QED) is 0.556. The molecule has 1 rings (SSSR count). The summed E-state index contributed by atoms with van der Waals surface area (Å²) < 4.78 is 0. The van der Waals surface area contributed by atoms with Gasteiger partial charge in [-0.15, -0.1) is 0 Å². The van der Waals surface area contributed by atoms with E-state index in [1.54, 1.807) is 25.1 Å². The molecule has 70 valence electrons. The maximum Gasteiger partial charge on any atom is 0.277 e. The molecule has 0 aliphatic heterocycles. The van der Waals surface area contributed by atoms with Crippen molar-refractivity contribution in [1.82, 2.24) is 5.06 Å². The molecule has 3 nitrogen and oxygen atoms in total. The molecule has 1 amide bonds. The van der Waals surface area contributed by atoms with Crippen molar-refractivity contribution in [2.75, 3.05) is 6.54 Å². The van der Waals surface area contributed by atoms with Crippen LogP contribution in [-0.2, 0) is 0 Å². The molecule has 0 fully saturated rings. The first-order valence-corrected chi connectivity index (χ1v) is 4.22. The molecule has 1 aromatic rings. The molecular formula is C10H13NO2. The van der Waals surface area contributed by atoms with E-state index >= 15 is 0 Å². The van der Waals surface area contributed by atoms with Crippen LogP contribution in [0.5, 0.6) is 0 Å². The Morgan fingerprint density at radius 1 is 1.54 bits per heavy atom. The second-order valence-corrected chi connectivity index (χ2v) is 2.89. The average Bonchev–Trinajstić information content (AvgIpc) is 2.15. The number of hydrogen-bond acceptors (Lipinski definition) is 2. The predicted octanol–water partition coefficient (Wildman–Crippen LogP) is 1.85. The Morgan fingerprint density at radius 2 is 2.23 bits per heavy atom. The van der Waals surface area contributed by atoms with Crippen molar-refractivity contribution in [3.8, 4) is 0 Å². The minimum Gasteiger partial charge on any atom is -0.286 e. The Kier molecular flexibility index (Phi) is 3.03. The summed E-state index contributed by atoms with van der Waals surface area (Å²) in [5.74, 6) is -0.355. The maximum absolute atomic E-state index is 11.4. The molecule has 0 saturated heterocycles. The van der Waals surface area contributed by atoms with E-state index in [1.165, 1.54) is 0 Å². The van der Waals surface area contributed by atoms with E-state index in [2.05, 4.69) is 0 Å². The van der Waals surface area contributed by atoms with Gasteiger partial charge in [0.25, 0.3) is 5.91 Å². The van der Waals surface area contributed by atoms with Crippen molar-refractivity contribution in [2.45, 2.75) is 13.8 Å². The van der Waals surface area contributed by atoms with Crippen LogP contribution in [0.25, 0.3) is 0 Å². The Hall–Kier alpha value is -1.35. The molecule has 0 unspecified atom stereocenters. The van der Waals surface area contributed by atoms with Crippen molar-refractivity contribution in [3.05, 3.63) is 35.4 Å². The van der Waals surface area contributed by atoms with Gasteiger partial charge in [0.15, 0.2) is 0 Å². The molecule has 0 aromatic heterocycles. The highest BCUT2D eigenvalue weighted by Gasteiger charge is 2.10. The van der Waals surface area contributed by atoms with Gasteiger partial charge < -0.3 is 0 Å². The fourth-order valence-electron chi connectivity index (χ4n) is 1.07. The number of hydroxylamine groups is 2. The molecule has 0 spiro atoms. The lowest BCUT2D eigenvalue weighted by Gasteiger charge is -2.11. The molecule has 0 bridgehead atoms. The minimum absolute atomic E-state index is 0.298. The van der Waals surface area contributed by atoms with Crippen LogP contribution in [-0.4, -0.2) is 22.7 Å². The highest BCUT2D eigenvalue weighted by atomic mass is 16.5. The first-order valence-electron chi connectivity index (χ1n) is 4.22. The number of benzene rings is 1. The molecule has 1 aromatic carbocycles. The van der Waals surface area contributed by atoms with Gasteiger partial charge in [0.05, 0.1) is 0 Å². The standard InChI is InChI=1S/C10H13NO2/c1-3-11(13)10(12)9-6-4-5-8(2)7-9/h4-7,13H,3H2,1-2H3. The monoisotopic (exact) mass is 179 g/mol. The first kappa shape index (κ1) is 9.74. The minimum atomic E-state index is -0.355. The van der Waals surface area contributed by atoms with Crippen LogP contribution >= 0.6 is 0 Å². The third kappa shape index (κ3) is 2.29. The van der Waals surface area contributed by atoms with E-state index in [-0.39, 0.29) is 5.91 Å². The Bertz CT molecular complexity index is 310. The molecule has 0 saturated carbocycles. The van der Waals surface area contributed by atoms with E-state index in [0.717, 1.165) is 5.56 Å². The number of hydrogen-bond donors (Lipinski definition) is 1. The van der Waals surface area contributed by atoms with Crippen LogP contribution in [0.1, 0.15) is 22.8 Å². The van der Waals surface area contributed by atoms with E-state index in [1.807, 2.05) is 13.0 Å². The third-order valence-electron chi connectivity index (χ3n) is 1.80. The summed E-state index contributed by atoms with van der Waals surface area (Å²) in [4.78, 5) is 11.4. The number of amides is 1. The molecule has 0 aliphatic carbocycles. The van der Waals surface area contributed by atoms with E-state index in [0.29, 0.717) is 17.2 Å². The van der Waals surface area contributed by atoms with Gasteiger partial charge >= 0.3 is 0 Å². The molecular weight excluding hydrogens is 166 g/mol. The van der Waals surface area contributed by atoms with Crippen molar-refractivity contribution in [3.63, 3.8) is 0 Å². The molecule has 0 heterocycles. The zero-order valence-electron chi connectivity index (χ0n) is 7.82. The topological polar surface area (TPSA) is 40.5 Å². The van der Waals surface area contributed by atoms with Gasteiger partial charge in [0, 0.05) is 12.1 Å². The van der Waals surface area contributed by atoms with Crippen LogP contribution in [0.3, 0.4) is 0 Å². The lowest BCUT2D eigenvalue weighted by molar-refractivity contribution is -0.0541. The van der Waals surface area contributed by atoms with Crippen molar-refractivity contribution in [2.24, 2.45) is 0 Å². The summed E-state index contributed by atoms with van der Waals surface area (Å²) in [5, 5.41) is 9.86. The predicted molar refractivity (Wildman–Crippen MR) is 49.7 cm³/mol. The third-order valence-corrected chi connectivity index (χ3v) is 1.80. The van der Waals surface area contributed by atoms with Gasteiger partial charge in [-0.1, -0.05) is 17.7 Å². The number of carbonyl (C=O) groups excluding carboxylic acids is 1. The Morgan fingerprint density at radius 3 is 2.77 bits per heavy atom. The molecule has 0 atom stereocenters. The number of nitrogens with zero attached hydrogens (tertiary/aromatic N) is 1. The van der Waals surface area contributed by atoms with Gasteiger partial charge in [-0.25, -0.2) is 5.06 Å². The van der Waals surface area contributed by atoms with Crippen molar-refractivity contribution < 1.29 is 10.0 Å². The lowest BCUT2D eigenvalue weighted by Crippen LogP contribution is -2.26. The van der Waals surface area contributed by atoms with Crippen LogP contribution in [0.4, 0.5) is 0 Å². The Labute approximate surface area is 77.6 Å². The zero-order valence-corrected chi connectivity index (χ0v) is 7.82. The second kappa shape index (κ2) is 4.05. The van der Waals surface area contributed by atoms with Gasteiger partial charge in [0.1, 0.15) is 0 Å². The summed E-state index contributed by atoms with van der Waals surface area (Å²) in [6.45, 7) is 3.92. The van der Waals surface area contributed by atoms with Crippen molar-refractivity contribution in [1.29, 1.82) is 0 Å². The zero-order chi connectivity index (χ0) is 9.84. The molecule has 0 radical (unpaired) electrons. The SMILES string of the molecule is CCN(O)C(=O)c1cccc(C)c1. The smallest absolute Gasteiger partial charge is 0.277 e. The summed E-state index contributed by atoms with van der Waals surface area (Å²) in [5.41, 5.74) is 1.53. The summed E-state index contributed by atoms with van der Waals surface area (Å²) in [7, 11) is 0. The van der Waals surface area contributed by atoms with Crippen LogP contribution in [0, 0.1) is 6.92 Å². The highest BCUT2D eigenvalue weighted by Crippen LogP contribution is 2.06. The van der Waals surface area contributed by atoms with Gasteiger partial charge in [-0.3, -0.25) is 10.0 Å². The van der Waals surface area contributed by atoms with E-state index in [4.69, 9.17) is 5.21 Å². The highest BCUT2D eigenvalue weighted by molar-refractivity contribution is 5.93. The Balaban J connectivity index is 2.89. The van der Waals surface area contributed by atoms with Gasteiger partial charge in [-0.05, 0) is 26.0 Å². The summed E-state index contributed by atoms with van der Waals surface area (Å²) in [6, 6.07) is 7.14. The molecule has 1 N–H and O–H groups in total. The maximum atomic E-state index is 11.4. The number of aryl methyl sites for hydroxylation is 1. The van der Waals surface area contributed by atoms with Crippen LogP contribution < -0.4 is 0 Å². The van der Waals surface area contributed by atoms with Crippen LogP contribution in [0.15, 0.2) is 24.3 Å². The molecule has 13 heavy (non-hydrogen) atoms. The van der Waals surface area contributed by atoms with Crippen LogP contribution in [0.2, 0.25) is 0 Å². The molecule has 0 aliphatic rings. The average molecular weight is 179 g/mol. The lowest BCUT2D eigenvalue weighted by atomic mass is 10.1.